The summed E-state index contributed by atoms with van der Waals surface area (Å²) in [6.45, 7) is 9.90. The maximum absolute atomic E-state index is 13.5. The molecule has 1 atom stereocenters. The summed E-state index contributed by atoms with van der Waals surface area (Å²) in [6.07, 6.45) is 0. The number of benzene rings is 3. The number of aromatic hydroxyl groups is 1. The Kier molecular flexibility index (Phi) is 6.82. The summed E-state index contributed by atoms with van der Waals surface area (Å²) in [7, 11) is 1.56. The molecule has 1 amide bonds. The molecule has 4 rings (SSSR count). The van der Waals surface area contributed by atoms with E-state index in [0.29, 0.717) is 22.4 Å². The number of ether oxygens (including phenoxy) is 1. The number of phenolic OH excluding ortho intramolecular Hbond substituents is 1. The van der Waals surface area contributed by atoms with Gasteiger partial charge in [-0.25, -0.2) is 0 Å². The van der Waals surface area contributed by atoms with Crippen LogP contribution < -0.4 is 9.64 Å². The molecule has 192 valence electrons. The van der Waals surface area contributed by atoms with Crippen molar-refractivity contribution in [2.75, 3.05) is 12.0 Å². The number of carbonyl (C=O) groups excluding carboxylic acids is 2. The standard InChI is InChI=1S/C30H30ClNO5/c1-16-14-24(37-6)17(2)13-21(16)27(34)25-26(18-7-9-19(10-8-18)30(3,4)5)32(29(36)28(25)35)22-15-20(31)11-12-23(22)33/h7-15,26,33-34H,1-6H3/b27-25+. The van der Waals surface area contributed by atoms with Crippen LogP contribution in [0.4, 0.5) is 5.69 Å². The fourth-order valence-corrected chi connectivity index (χ4v) is 4.83. The minimum Gasteiger partial charge on any atom is -0.507 e. The molecule has 2 N–H and O–H groups in total. The number of hydrogen-bond acceptors (Lipinski definition) is 5. The van der Waals surface area contributed by atoms with Gasteiger partial charge in [0.05, 0.1) is 24.4 Å². The molecule has 0 aliphatic carbocycles. The highest BCUT2D eigenvalue weighted by atomic mass is 35.5. The number of aryl methyl sites for hydroxylation is 2. The van der Waals surface area contributed by atoms with Gasteiger partial charge in [0.25, 0.3) is 11.7 Å². The number of methoxy groups -OCH3 is 1. The van der Waals surface area contributed by atoms with E-state index in [-0.39, 0.29) is 33.2 Å². The van der Waals surface area contributed by atoms with Gasteiger partial charge < -0.3 is 14.9 Å². The topological polar surface area (TPSA) is 87.1 Å². The van der Waals surface area contributed by atoms with Gasteiger partial charge >= 0.3 is 0 Å². The molecule has 1 fully saturated rings. The molecule has 1 aliphatic rings. The summed E-state index contributed by atoms with van der Waals surface area (Å²) < 4.78 is 5.39. The van der Waals surface area contributed by atoms with Crippen LogP contribution in [0.25, 0.3) is 5.76 Å². The second-order valence-electron chi connectivity index (χ2n) is 10.3. The van der Waals surface area contributed by atoms with Gasteiger partial charge in [0.15, 0.2) is 0 Å². The predicted octanol–water partition coefficient (Wildman–Crippen LogP) is 6.59. The van der Waals surface area contributed by atoms with Crippen molar-refractivity contribution in [2.24, 2.45) is 0 Å². The van der Waals surface area contributed by atoms with Crippen LogP contribution in [0, 0.1) is 13.8 Å². The van der Waals surface area contributed by atoms with Gasteiger partial charge in [-0.05, 0) is 71.8 Å². The summed E-state index contributed by atoms with van der Waals surface area (Å²) in [6, 6.07) is 14.4. The molecule has 0 radical (unpaired) electrons. The normalized spacial score (nSPS) is 17.4. The van der Waals surface area contributed by atoms with Gasteiger partial charge in [-0.15, -0.1) is 0 Å². The first kappa shape index (κ1) is 26.3. The quantitative estimate of drug-likeness (QED) is 0.230. The third-order valence-electron chi connectivity index (χ3n) is 6.73. The summed E-state index contributed by atoms with van der Waals surface area (Å²) in [5.74, 6) is -1.58. The smallest absolute Gasteiger partial charge is 0.300 e. The lowest BCUT2D eigenvalue weighted by atomic mass is 9.85. The Balaban J connectivity index is 1.99. The third kappa shape index (κ3) is 4.69. The largest absolute Gasteiger partial charge is 0.507 e. The van der Waals surface area contributed by atoms with E-state index in [2.05, 4.69) is 20.8 Å². The number of aliphatic hydroxyl groups excluding tert-OH is 1. The van der Waals surface area contributed by atoms with Crippen LogP contribution in [-0.2, 0) is 15.0 Å². The van der Waals surface area contributed by atoms with E-state index < -0.39 is 17.7 Å². The molecular formula is C30H30ClNO5. The lowest BCUT2D eigenvalue weighted by Gasteiger charge is -2.27. The Labute approximate surface area is 221 Å². The first-order valence-corrected chi connectivity index (χ1v) is 12.3. The Morgan fingerprint density at radius 3 is 2.22 bits per heavy atom. The molecule has 6 nitrogen and oxygen atoms in total. The van der Waals surface area contributed by atoms with Crippen molar-refractivity contribution in [3.8, 4) is 11.5 Å². The molecule has 3 aromatic carbocycles. The molecule has 1 unspecified atom stereocenters. The van der Waals surface area contributed by atoms with Crippen LogP contribution in [0.15, 0.2) is 60.2 Å². The van der Waals surface area contributed by atoms with Crippen LogP contribution in [-0.4, -0.2) is 29.0 Å². The van der Waals surface area contributed by atoms with E-state index in [9.17, 15) is 19.8 Å². The maximum atomic E-state index is 13.5. The van der Waals surface area contributed by atoms with E-state index >= 15 is 0 Å². The second kappa shape index (κ2) is 9.60. The lowest BCUT2D eigenvalue weighted by molar-refractivity contribution is -0.132. The zero-order chi connectivity index (χ0) is 27.2. The van der Waals surface area contributed by atoms with Crippen molar-refractivity contribution < 1.29 is 24.5 Å². The van der Waals surface area contributed by atoms with Crippen molar-refractivity contribution in [1.29, 1.82) is 0 Å². The van der Waals surface area contributed by atoms with Crippen molar-refractivity contribution in [3.05, 3.63) is 93.0 Å². The van der Waals surface area contributed by atoms with E-state index in [1.807, 2.05) is 31.2 Å². The number of Topliss-reactive ketones (excluding diaryl/α,β-unsaturated/α-hetero) is 1. The molecule has 0 spiro atoms. The number of hydrogen-bond donors (Lipinski definition) is 2. The minimum absolute atomic E-state index is 0.0689. The Hall–Kier alpha value is -3.77. The number of anilines is 1. The van der Waals surface area contributed by atoms with Gasteiger partial charge in [-0.2, -0.15) is 0 Å². The number of phenols is 1. The number of rotatable bonds is 4. The highest BCUT2D eigenvalue weighted by molar-refractivity contribution is 6.52. The molecule has 1 saturated heterocycles. The first-order chi connectivity index (χ1) is 17.3. The summed E-state index contributed by atoms with van der Waals surface area (Å²) in [5.41, 5.74) is 3.45. The SMILES string of the molecule is COc1cc(C)c(/C(O)=C2\C(=O)C(=O)N(c3cc(Cl)ccc3O)C2c2ccc(C(C)(C)C)cc2)cc1C. The molecule has 37 heavy (non-hydrogen) atoms. The predicted molar refractivity (Wildman–Crippen MR) is 146 cm³/mol. The molecule has 7 heteroatoms. The number of carbonyl (C=O) groups is 2. The Morgan fingerprint density at radius 1 is 0.973 bits per heavy atom. The summed E-state index contributed by atoms with van der Waals surface area (Å²) in [4.78, 5) is 28.1. The molecular weight excluding hydrogens is 490 g/mol. The molecule has 1 aliphatic heterocycles. The first-order valence-electron chi connectivity index (χ1n) is 11.9. The van der Waals surface area contributed by atoms with Gasteiger partial charge in [0.1, 0.15) is 17.3 Å². The molecule has 0 bridgehead atoms. The van der Waals surface area contributed by atoms with E-state index in [1.54, 1.807) is 26.2 Å². The van der Waals surface area contributed by atoms with Crippen LogP contribution in [0.2, 0.25) is 5.02 Å². The molecule has 3 aromatic rings. The van der Waals surface area contributed by atoms with E-state index in [4.69, 9.17) is 16.3 Å². The fraction of sp³-hybridized carbons (Fsp3) is 0.267. The molecule has 0 saturated carbocycles. The highest BCUT2D eigenvalue weighted by Crippen LogP contribution is 2.46. The number of aliphatic hydroxyl groups is 1. The fourth-order valence-electron chi connectivity index (χ4n) is 4.66. The van der Waals surface area contributed by atoms with Gasteiger partial charge in [-0.1, -0.05) is 56.6 Å². The number of ketones is 1. The van der Waals surface area contributed by atoms with E-state index in [0.717, 1.165) is 11.1 Å². The molecule has 1 heterocycles. The van der Waals surface area contributed by atoms with E-state index in [1.165, 1.54) is 23.1 Å². The van der Waals surface area contributed by atoms with Gasteiger partial charge in [0, 0.05) is 10.6 Å². The second-order valence-corrected chi connectivity index (χ2v) is 10.7. The molecule has 0 aromatic heterocycles. The van der Waals surface area contributed by atoms with Crippen LogP contribution in [0.3, 0.4) is 0 Å². The highest BCUT2D eigenvalue weighted by Gasteiger charge is 2.48. The van der Waals surface area contributed by atoms with Crippen molar-refractivity contribution in [2.45, 2.75) is 46.1 Å². The number of halogens is 1. The van der Waals surface area contributed by atoms with Crippen LogP contribution >= 0.6 is 11.6 Å². The Morgan fingerprint density at radius 2 is 1.62 bits per heavy atom. The number of nitrogens with zero attached hydrogens (tertiary/aromatic N) is 1. The van der Waals surface area contributed by atoms with Crippen LogP contribution in [0.1, 0.15) is 54.6 Å². The lowest BCUT2D eigenvalue weighted by Crippen LogP contribution is -2.29. The van der Waals surface area contributed by atoms with Gasteiger partial charge in [0.2, 0.25) is 0 Å². The Bertz CT molecular complexity index is 1430. The summed E-state index contributed by atoms with van der Waals surface area (Å²) in [5, 5.41) is 22.5. The van der Waals surface area contributed by atoms with Crippen LogP contribution in [0.5, 0.6) is 11.5 Å². The number of amides is 1. The third-order valence-corrected chi connectivity index (χ3v) is 6.97. The van der Waals surface area contributed by atoms with Gasteiger partial charge in [-0.3, -0.25) is 14.5 Å². The monoisotopic (exact) mass is 519 g/mol. The zero-order valence-electron chi connectivity index (χ0n) is 21.7. The maximum Gasteiger partial charge on any atom is 0.300 e. The average Bonchev–Trinajstić information content (AvgIpc) is 3.11. The van der Waals surface area contributed by atoms with Crippen molar-refractivity contribution in [1.82, 2.24) is 0 Å². The van der Waals surface area contributed by atoms with Crippen molar-refractivity contribution in [3.63, 3.8) is 0 Å². The zero-order valence-corrected chi connectivity index (χ0v) is 22.5. The minimum atomic E-state index is -0.986. The summed E-state index contributed by atoms with van der Waals surface area (Å²) >= 11 is 6.20. The average molecular weight is 520 g/mol. The van der Waals surface area contributed by atoms with Crippen molar-refractivity contribution >= 4 is 34.7 Å².